The number of ether oxygens (including phenoxy) is 3. The summed E-state index contributed by atoms with van der Waals surface area (Å²) in [5.74, 6) is 0.966. The molecule has 2 amide bonds. The maximum absolute atomic E-state index is 13.2. The van der Waals surface area contributed by atoms with Crippen LogP contribution in [-0.2, 0) is 16.1 Å². The minimum absolute atomic E-state index is 0.193. The van der Waals surface area contributed by atoms with Crippen LogP contribution in [0.1, 0.15) is 25.8 Å². The Balaban J connectivity index is 2.25. The number of nitrogens with one attached hydrogen (secondary N) is 1. The molecule has 7 nitrogen and oxygen atoms in total. The third-order valence-corrected chi connectivity index (χ3v) is 5.09. The van der Waals surface area contributed by atoms with Crippen molar-refractivity contribution in [3.8, 4) is 17.2 Å². The highest BCUT2D eigenvalue weighted by atomic mass is 35.5. The number of hydrogen-bond acceptors (Lipinski definition) is 5. The number of carbonyl (C=O) groups is 2. The van der Waals surface area contributed by atoms with Crippen LogP contribution in [0.4, 0.5) is 0 Å². The maximum Gasteiger partial charge on any atom is 0.261 e. The van der Waals surface area contributed by atoms with Crippen LogP contribution in [0.5, 0.6) is 17.2 Å². The molecule has 2 rings (SSSR count). The monoisotopic (exact) mass is 448 g/mol. The van der Waals surface area contributed by atoms with Crippen molar-refractivity contribution in [1.29, 1.82) is 0 Å². The van der Waals surface area contributed by atoms with E-state index in [2.05, 4.69) is 5.32 Å². The van der Waals surface area contributed by atoms with Crippen molar-refractivity contribution >= 4 is 23.4 Å². The van der Waals surface area contributed by atoms with E-state index in [4.69, 9.17) is 25.8 Å². The summed E-state index contributed by atoms with van der Waals surface area (Å²) in [5, 5.41) is 3.33. The molecule has 0 spiro atoms. The molecule has 1 N–H and O–H groups in total. The van der Waals surface area contributed by atoms with Crippen LogP contribution in [0.3, 0.4) is 0 Å². The molecule has 0 aliphatic carbocycles. The van der Waals surface area contributed by atoms with Gasteiger partial charge >= 0.3 is 0 Å². The quantitative estimate of drug-likeness (QED) is 0.567. The van der Waals surface area contributed by atoms with Gasteiger partial charge in [0, 0.05) is 36.3 Å². The molecule has 0 saturated heterocycles. The molecule has 1 unspecified atom stereocenters. The summed E-state index contributed by atoms with van der Waals surface area (Å²) in [5.41, 5.74) is 0.753. The molecule has 168 valence electrons. The molecule has 0 saturated carbocycles. The number of nitrogens with zero attached hydrogens (tertiary/aromatic N) is 1. The van der Waals surface area contributed by atoms with Gasteiger partial charge in [-0.25, -0.2) is 0 Å². The second-order valence-corrected chi connectivity index (χ2v) is 7.18. The van der Waals surface area contributed by atoms with Gasteiger partial charge in [0.15, 0.2) is 6.61 Å². The molecular formula is C23H29ClN2O5. The summed E-state index contributed by atoms with van der Waals surface area (Å²) in [4.78, 5) is 27.3. The molecule has 0 aliphatic rings. The molecule has 0 fully saturated rings. The van der Waals surface area contributed by atoms with Crippen LogP contribution in [0.2, 0.25) is 5.02 Å². The van der Waals surface area contributed by atoms with Gasteiger partial charge in [-0.05, 0) is 25.0 Å². The van der Waals surface area contributed by atoms with Gasteiger partial charge in [0.25, 0.3) is 5.91 Å². The zero-order valence-electron chi connectivity index (χ0n) is 18.3. The van der Waals surface area contributed by atoms with Crippen molar-refractivity contribution in [3.05, 3.63) is 53.1 Å². The molecule has 0 radical (unpaired) electrons. The number of methoxy groups -OCH3 is 2. The lowest BCUT2D eigenvalue weighted by molar-refractivity contribution is -0.142. The van der Waals surface area contributed by atoms with E-state index in [1.54, 1.807) is 24.3 Å². The van der Waals surface area contributed by atoms with Crippen molar-refractivity contribution in [1.82, 2.24) is 10.2 Å². The Kier molecular flexibility index (Phi) is 9.46. The summed E-state index contributed by atoms with van der Waals surface area (Å²) in [6.45, 7) is 4.11. The Morgan fingerprint density at radius 2 is 1.65 bits per heavy atom. The van der Waals surface area contributed by atoms with Crippen molar-refractivity contribution in [2.75, 3.05) is 27.4 Å². The standard InChI is InChI=1S/C23H29ClN2O5/c1-5-21(23(28)25-6-2)26(14-16-9-7-8-10-20(16)24)22(27)15-31-19-12-17(29-3)11-18(13-19)30-4/h7-13,21H,5-6,14-15H2,1-4H3,(H,25,28). The van der Waals surface area contributed by atoms with Gasteiger partial charge in [0.1, 0.15) is 23.3 Å². The molecule has 0 aromatic heterocycles. The lowest BCUT2D eigenvalue weighted by atomic mass is 10.1. The Labute approximate surface area is 188 Å². The van der Waals surface area contributed by atoms with Crippen molar-refractivity contribution in [3.63, 3.8) is 0 Å². The Bertz CT molecular complexity index is 868. The smallest absolute Gasteiger partial charge is 0.261 e. The second-order valence-electron chi connectivity index (χ2n) is 6.77. The Morgan fingerprint density at radius 3 is 2.19 bits per heavy atom. The van der Waals surface area contributed by atoms with Gasteiger partial charge in [-0.2, -0.15) is 0 Å². The normalized spacial score (nSPS) is 11.4. The number of halogens is 1. The first-order valence-electron chi connectivity index (χ1n) is 10.1. The number of carbonyl (C=O) groups excluding carboxylic acids is 2. The van der Waals surface area contributed by atoms with Crippen molar-refractivity contribution < 1.29 is 23.8 Å². The summed E-state index contributed by atoms with van der Waals surface area (Å²) in [6.07, 6.45) is 0.453. The number of likely N-dealkylation sites (N-methyl/N-ethyl adjacent to an activating group) is 1. The zero-order chi connectivity index (χ0) is 22.8. The van der Waals surface area contributed by atoms with E-state index in [-0.39, 0.29) is 25.0 Å². The average Bonchev–Trinajstić information content (AvgIpc) is 2.78. The highest BCUT2D eigenvalue weighted by molar-refractivity contribution is 6.31. The van der Waals surface area contributed by atoms with E-state index >= 15 is 0 Å². The summed E-state index contributed by atoms with van der Waals surface area (Å²) < 4.78 is 16.2. The molecule has 8 heteroatoms. The largest absolute Gasteiger partial charge is 0.496 e. The van der Waals surface area contributed by atoms with E-state index in [0.717, 1.165) is 5.56 Å². The van der Waals surface area contributed by atoms with Crippen LogP contribution >= 0.6 is 11.6 Å². The minimum Gasteiger partial charge on any atom is -0.496 e. The summed E-state index contributed by atoms with van der Waals surface area (Å²) >= 11 is 6.30. The highest BCUT2D eigenvalue weighted by Crippen LogP contribution is 2.27. The molecule has 0 bridgehead atoms. The number of hydrogen-bond donors (Lipinski definition) is 1. The SMILES string of the molecule is CCNC(=O)C(CC)N(Cc1ccccc1Cl)C(=O)COc1cc(OC)cc(OC)c1. The highest BCUT2D eigenvalue weighted by Gasteiger charge is 2.29. The summed E-state index contributed by atoms with van der Waals surface area (Å²) in [7, 11) is 3.07. The van der Waals surface area contributed by atoms with Crippen LogP contribution < -0.4 is 19.5 Å². The first-order valence-corrected chi connectivity index (χ1v) is 10.5. The molecule has 0 aliphatic heterocycles. The lowest BCUT2D eigenvalue weighted by Crippen LogP contribution is -2.50. The summed E-state index contributed by atoms with van der Waals surface area (Å²) in [6, 6.07) is 11.6. The third-order valence-electron chi connectivity index (χ3n) is 4.72. The zero-order valence-corrected chi connectivity index (χ0v) is 19.1. The predicted octanol–water partition coefficient (Wildman–Crippen LogP) is 3.68. The van der Waals surface area contributed by atoms with E-state index in [0.29, 0.717) is 35.2 Å². The average molecular weight is 449 g/mol. The first kappa shape index (κ1) is 24.3. The minimum atomic E-state index is -0.646. The van der Waals surface area contributed by atoms with Crippen LogP contribution in [0.25, 0.3) is 0 Å². The molecule has 2 aromatic rings. The van der Waals surface area contributed by atoms with Gasteiger partial charge < -0.3 is 24.4 Å². The maximum atomic E-state index is 13.2. The number of amides is 2. The van der Waals surface area contributed by atoms with Crippen LogP contribution in [0, 0.1) is 0 Å². The third kappa shape index (κ3) is 6.79. The van der Waals surface area contributed by atoms with Crippen molar-refractivity contribution in [2.45, 2.75) is 32.9 Å². The first-order chi connectivity index (χ1) is 14.9. The molecule has 31 heavy (non-hydrogen) atoms. The van der Waals surface area contributed by atoms with Crippen LogP contribution in [-0.4, -0.2) is 50.1 Å². The van der Waals surface area contributed by atoms with E-state index in [1.165, 1.54) is 19.1 Å². The Morgan fingerprint density at radius 1 is 1.03 bits per heavy atom. The van der Waals surface area contributed by atoms with E-state index < -0.39 is 6.04 Å². The molecule has 2 aromatic carbocycles. The second kappa shape index (κ2) is 12.1. The molecule has 0 heterocycles. The van der Waals surface area contributed by atoms with E-state index in [1.807, 2.05) is 32.0 Å². The lowest BCUT2D eigenvalue weighted by Gasteiger charge is -2.30. The van der Waals surface area contributed by atoms with E-state index in [9.17, 15) is 9.59 Å². The van der Waals surface area contributed by atoms with Gasteiger partial charge in [0.05, 0.1) is 14.2 Å². The fraction of sp³-hybridized carbons (Fsp3) is 0.391. The fourth-order valence-corrected chi connectivity index (χ4v) is 3.31. The molecular weight excluding hydrogens is 420 g/mol. The topological polar surface area (TPSA) is 77.1 Å². The Hall–Kier alpha value is -2.93. The number of benzene rings is 2. The van der Waals surface area contributed by atoms with Gasteiger partial charge in [-0.15, -0.1) is 0 Å². The molecule has 1 atom stereocenters. The van der Waals surface area contributed by atoms with Gasteiger partial charge in [0.2, 0.25) is 5.91 Å². The van der Waals surface area contributed by atoms with Crippen molar-refractivity contribution in [2.24, 2.45) is 0 Å². The van der Waals surface area contributed by atoms with Crippen LogP contribution in [0.15, 0.2) is 42.5 Å². The predicted molar refractivity (Wildman–Crippen MR) is 120 cm³/mol. The fourth-order valence-electron chi connectivity index (χ4n) is 3.11. The number of rotatable bonds is 11. The van der Waals surface area contributed by atoms with Gasteiger partial charge in [-0.1, -0.05) is 36.7 Å². The van der Waals surface area contributed by atoms with Gasteiger partial charge in [-0.3, -0.25) is 9.59 Å².